The van der Waals surface area contributed by atoms with Crippen LogP contribution in [0.1, 0.15) is 75.9 Å². The number of phenols is 2. The van der Waals surface area contributed by atoms with E-state index in [9.17, 15) is 10.2 Å². The summed E-state index contributed by atoms with van der Waals surface area (Å²) >= 11 is 0. The van der Waals surface area contributed by atoms with E-state index < -0.39 is 0 Å². The zero-order valence-corrected chi connectivity index (χ0v) is 42.0. The SMILES string of the molecule is Cc1cc(-c2ccccc2OC(C)C[C@@H](C)Oc2ccccc2-c2cc(C)cc(-n3c4cc(C)c(C)cc4c4cc(C)c(C)cc43)c2O)c(O)c(-n2c3cc(C)c(C)cc3c3cc(C)c(C)cc32)c1. The number of fused-ring (bicyclic) bond motifs is 6. The van der Waals surface area contributed by atoms with Crippen LogP contribution in [-0.4, -0.2) is 31.6 Å². The van der Waals surface area contributed by atoms with Gasteiger partial charge in [-0.3, -0.25) is 0 Å². The third-order valence-corrected chi connectivity index (χ3v) is 14.6. The van der Waals surface area contributed by atoms with Crippen LogP contribution in [0.15, 0.2) is 121 Å². The molecular weight excluding hydrogens is 849 g/mol. The number of hydrogen-bond donors (Lipinski definition) is 2. The predicted molar refractivity (Wildman–Crippen MR) is 288 cm³/mol. The zero-order valence-electron chi connectivity index (χ0n) is 42.0. The highest BCUT2D eigenvalue weighted by Gasteiger charge is 2.25. The predicted octanol–water partition coefficient (Wildman–Crippen LogP) is 16.3. The Morgan fingerprint density at radius 2 is 0.667 bits per heavy atom. The van der Waals surface area contributed by atoms with Crippen LogP contribution in [0.2, 0.25) is 0 Å². The van der Waals surface area contributed by atoms with Crippen LogP contribution >= 0.6 is 0 Å². The second-order valence-corrected chi connectivity index (χ2v) is 19.9. The topological polar surface area (TPSA) is 68.8 Å². The number of para-hydroxylation sites is 2. The third-order valence-electron chi connectivity index (χ3n) is 14.6. The Bertz CT molecular complexity index is 3340. The van der Waals surface area contributed by atoms with Gasteiger partial charge >= 0.3 is 0 Å². The Kier molecular flexibility index (Phi) is 11.3. The maximum atomic E-state index is 12.4. The molecule has 6 heteroatoms. The highest BCUT2D eigenvalue weighted by molar-refractivity contribution is 6.12. The molecule has 0 spiro atoms. The van der Waals surface area contributed by atoms with Crippen LogP contribution in [0.4, 0.5) is 0 Å². The molecular formula is C63H62N2O4. The molecule has 2 heterocycles. The minimum atomic E-state index is -0.247. The molecule has 0 aliphatic carbocycles. The molecule has 0 fully saturated rings. The molecule has 10 rings (SSSR count). The van der Waals surface area contributed by atoms with Gasteiger partial charge in [0.05, 0.1) is 45.6 Å². The van der Waals surface area contributed by atoms with E-state index >= 15 is 0 Å². The molecule has 0 radical (unpaired) electrons. The van der Waals surface area contributed by atoms with E-state index in [1.165, 1.54) is 66.1 Å². The fourth-order valence-electron chi connectivity index (χ4n) is 10.4. The Morgan fingerprint density at radius 1 is 0.377 bits per heavy atom. The second kappa shape index (κ2) is 17.3. The number of aromatic hydroxyl groups is 2. The maximum absolute atomic E-state index is 12.4. The first-order valence-electron chi connectivity index (χ1n) is 24.2. The van der Waals surface area contributed by atoms with Crippen molar-refractivity contribution in [3.05, 3.63) is 177 Å². The number of hydrogen-bond acceptors (Lipinski definition) is 4. The maximum Gasteiger partial charge on any atom is 0.147 e. The lowest BCUT2D eigenvalue weighted by Crippen LogP contribution is -2.23. The molecule has 69 heavy (non-hydrogen) atoms. The molecule has 0 amide bonds. The van der Waals surface area contributed by atoms with Gasteiger partial charge in [-0.2, -0.15) is 0 Å². The van der Waals surface area contributed by atoms with Crippen LogP contribution in [0.5, 0.6) is 23.0 Å². The van der Waals surface area contributed by atoms with Crippen molar-refractivity contribution in [3.8, 4) is 56.6 Å². The first-order valence-corrected chi connectivity index (χ1v) is 24.2. The molecule has 348 valence electrons. The molecule has 8 aromatic carbocycles. The van der Waals surface area contributed by atoms with Gasteiger partial charge in [0, 0.05) is 50.2 Å². The van der Waals surface area contributed by atoms with Crippen LogP contribution < -0.4 is 9.47 Å². The summed E-state index contributed by atoms with van der Waals surface area (Å²) in [5, 5.41) is 29.5. The molecule has 0 saturated carbocycles. The summed E-state index contributed by atoms with van der Waals surface area (Å²) in [7, 11) is 0. The second-order valence-electron chi connectivity index (χ2n) is 19.9. The molecule has 6 nitrogen and oxygen atoms in total. The summed E-state index contributed by atoms with van der Waals surface area (Å²) in [4.78, 5) is 0. The number of aromatic nitrogens is 2. The van der Waals surface area contributed by atoms with Crippen molar-refractivity contribution in [2.24, 2.45) is 0 Å². The number of ether oxygens (including phenoxy) is 2. The van der Waals surface area contributed by atoms with E-state index in [0.29, 0.717) is 29.0 Å². The van der Waals surface area contributed by atoms with E-state index in [4.69, 9.17) is 9.47 Å². The number of phenolic OH excluding ortho intramolecular Hbond substituents is 2. The van der Waals surface area contributed by atoms with E-state index in [-0.39, 0.29) is 23.7 Å². The zero-order chi connectivity index (χ0) is 48.7. The minimum Gasteiger partial charge on any atom is -0.505 e. The standard InChI is InChI=1S/C63H62N2O4/c1-34-21-52(62(66)58(23-34)64-54-29-40(7)36(3)25-48(54)49-26-37(4)41(8)30-55(49)64)46-17-13-15-19-60(46)68-44(11)33-45(12)69-61-20-16-14-18-47(61)53-22-35(2)24-59(63(53)67)65-56-31-42(9)38(5)27-50(56)51-28-39(6)43(10)32-57(51)65/h13-32,44-45,66-67H,33H2,1-12H3/t44-,45?/m1/s1. The molecule has 2 atom stereocenters. The third kappa shape index (κ3) is 7.86. The summed E-state index contributed by atoms with van der Waals surface area (Å²) in [5.74, 6) is 1.76. The molecule has 10 aromatic rings. The summed E-state index contributed by atoms with van der Waals surface area (Å²) < 4.78 is 18.1. The molecule has 2 aromatic heterocycles. The number of rotatable bonds is 10. The van der Waals surface area contributed by atoms with E-state index in [2.05, 4.69) is 153 Å². The van der Waals surface area contributed by atoms with Crippen LogP contribution in [-0.2, 0) is 0 Å². The number of nitrogens with zero attached hydrogens (tertiary/aromatic N) is 2. The lowest BCUT2D eigenvalue weighted by atomic mass is 9.99. The lowest BCUT2D eigenvalue weighted by molar-refractivity contribution is 0.131. The fourth-order valence-corrected chi connectivity index (χ4v) is 10.4. The van der Waals surface area contributed by atoms with Gasteiger partial charge in [-0.05, 0) is 224 Å². The van der Waals surface area contributed by atoms with Crippen LogP contribution in [0.25, 0.3) is 77.2 Å². The van der Waals surface area contributed by atoms with Crippen molar-refractivity contribution < 1.29 is 19.7 Å². The molecule has 2 N–H and O–H groups in total. The smallest absolute Gasteiger partial charge is 0.147 e. The van der Waals surface area contributed by atoms with Gasteiger partial charge in [0.1, 0.15) is 23.0 Å². The van der Waals surface area contributed by atoms with Crippen molar-refractivity contribution in [2.75, 3.05) is 0 Å². The van der Waals surface area contributed by atoms with Crippen LogP contribution in [0.3, 0.4) is 0 Å². The first-order chi connectivity index (χ1) is 33.0. The van der Waals surface area contributed by atoms with Crippen molar-refractivity contribution in [2.45, 2.75) is 102 Å². The summed E-state index contributed by atoms with van der Waals surface area (Å²) in [6.07, 6.45) is 0.0854. The van der Waals surface area contributed by atoms with E-state index in [1.807, 2.05) is 60.7 Å². The first kappa shape index (κ1) is 45.3. The highest BCUT2D eigenvalue weighted by Crippen LogP contribution is 2.46. The van der Waals surface area contributed by atoms with Gasteiger partial charge in [-0.25, -0.2) is 0 Å². The largest absolute Gasteiger partial charge is 0.505 e. The van der Waals surface area contributed by atoms with Gasteiger partial charge < -0.3 is 28.8 Å². The van der Waals surface area contributed by atoms with Crippen molar-refractivity contribution in [1.82, 2.24) is 9.13 Å². The van der Waals surface area contributed by atoms with E-state index in [1.54, 1.807) is 0 Å². The normalized spacial score (nSPS) is 12.7. The molecule has 0 saturated heterocycles. The monoisotopic (exact) mass is 910 g/mol. The van der Waals surface area contributed by atoms with Crippen molar-refractivity contribution >= 4 is 43.6 Å². The van der Waals surface area contributed by atoms with Gasteiger partial charge in [0.15, 0.2) is 0 Å². The van der Waals surface area contributed by atoms with Crippen molar-refractivity contribution in [3.63, 3.8) is 0 Å². The Hall–Kier alpha value is -7.44. The molecule has 1 unspecified atom stereocenters. The fraction of sp³-hybridized carbons (Fsp3) is 0.238. The molecule has 0 bridgehead atoms. The van der Waals surface area contributed by atoms with Gasteiger partial charge in [0.25, 0.3) is 0 Å². The van der Waals surface area contributed by atoms with Crippen LogP contribution in [0, 0.1) is 69.2 Å². The average Bonchev–Trinajstić information content (AvgIpc) is 3.75. The van der Waals surface area contributed by atoms with Gasteiger partial charge in [-0.15, -0.1) is 0 Å². The Balaban J connectivity index is 0.958. The Labute approximate surface area is 406 Å². The van der Waals surface area contributed by atoms with Gasteiger partial charge in [0.2, 0.25) is 0 Å². The van der Waals surface area contributed by atoms with Gasteiger partial charge in [-0.1, -0.05) is 36.4 Å². The average molecular weight is 911 g/mol. The number of benzene rings is 8. The minimum absolute atomic E-state index is 0.198. The van der Waals surface area contributed by atoms with E-state index in [0.717, 1.165) is 55.7 Å². The number of aryl methyl sites for hydroxylation is 10. The molecule has 0 aliphatic heterocycles. The highest BCUT2D eigenvalue weighted by atomic mass is 16.5. The van der Waals surface area contributed by atoms with Crippen molar-refractivity contribution in [1.29, 1.82) is 0 Å². The quantitative estimate of drug-likeness (QED) is 0.143. The Morgan fingerprint density at radius 3 is 0.986 bits per heavy atom. The summed E-state index contributed by atoms with van der Waals surface area (Å²) in [5.41, 5.74) is 20.6. The summed E-state index contributed by atoms with van der Waals surface area (Å²) in [6, 6.07) is 42.3. The lowest BCUT2D eigenvalue weighted by Gasteiger charge is -2.24. The summed E-state index contributed by atoms with van der Waals surface area (Å²) in [6.45, 7) is 25.5. The molecule has 0 aliphatic rings.